The van der Waals surface area contributed by atoms with Crippen LogP contribution in [0.15, 0.2) is 65.8 Å². The molecule has 2 aromatic carbocycles. The minimum absolute atomic E-state index is 0.00524. The van der Waals surface area contributed by atoms with Crippen molar-refractivity contribution in [1.29, 1.82) is 0 Å². The lowest BCUT2D eigenvalue weighted by atomic mass is 10.2. The Balaban J connectivity index is 1.74. The number of hydrogen-bond acceptors (Lipinski definition) is 7. The van der Waals surface area contributed by atoms with Crippen LogP contribution in [-0.2, 0) is 19.1 Å². The fourth-order valence-corrected chi connectivity index (χ4v) is 3.30. The van der Waals surface area contributed by atoms with Crippen LogP contribution in [0.3, 0.4) is 0 Å². The van der Waals surface area contributed by atoms with Gasteiger partial charge in [-0.25, -0.2) is 4.79 Å². The maximum atomic E-state index is 12.0. The largest absolute Gasteiger partial charge is 0.460 e. The van der Waals surface area contributed by atoms with Crippen molar-refractivity contribution in [2.45, 2.75) is 25.1 Å². The van der Waals surface area contributed by atoms with E-state index >= 15 is 0 Å². The molecule has 1 aromatic heterocycles. The highest BCUT2D eigenvalue weighted by Crippen LogP contribution is 2.27. The molecule has 0 aliphatic heterocycles. The van der Waals surface area contributed by atoms with Gasteiger partial charge >= 0.3 is 11.9 Å². The Morgan fingerprint density at radius 2 is 1.62 bits per heavy atom. The van der Waals surface area contributed by atoms with Gasteiger partial charge in [-0.2, -0.15) is 0 Å². The van der Waals surface area contributed by atoms with Gasteiger partial charge in [-0.3, -0.25) is 9.36 Å². The van der Waals surface area contributed by atoms with Crippen LogP contribution in [0.5, 0.6) is 0 Å². The summed E-state index contributed by atoms with van der Waals surface area (Å²) in [6.45, 7) is 3.06. The first-order valence-corrected chi connectivity index (χ1v) is 10.1. The fraction of sp³-hybridized carbons (Fsp3) is 0.238. The molecular weight excluding hydrogens is 390 g/mol. The highest BCUT2D eigenvalue weighted by atomic mass is 32.2. The zero-order valence-corrected chi connectivity index (χ0v) is 17.0. The lowest BCUT2D eigenvalue weighted by molar-refractivity contribution is -0.159. The van der Waals surface area contributed by atoms with E-state index in [1.54, 1.807) is 13.8 Å². The fourth-order valence-electron chi connectivity index (χ4n) is 2.55. The maximum Gasteiger partial charge on any atom is 0.344 e. The molecule has 7 nitrogen and oxygen atoms in total. The van der Waals surface area contributed by atoms with Gasteiger partial charge < -0.3 is 9.47 Å². The minimum Gasteiger partial charge on any atom is -0.460 e. The van der Waals surface area contributed by atoms with E-state index in [1.165, 1.54) is 11.8 Å². The van der Waals surface area contributed by atoms with Crippen LogP contribution in [0, 0.1) is 0 Å². The summed E-state index contributed by atoms with van der Waals surface area (Å²) in [7, 11) is 0. The third kappa shape index (κ3) is 5.68. The molecule has 0 N–H and O–H groups in total. The molecular formula is C21H21N3O4S. The quantitative estimate of drug-likeness (QED) is 0.414. The van der Waals surface area contributed by atoms with Gasteiger partial charge in [-0.05, 0) is 26.0 Å². The molecule has 1 heterocycles. The van der Waals surface area contributed by atoms with E-state index in [-0.39, 0.29) is 11.9 Å². The number of rotatable bonds is 8. The summed E-state index contributed by atoms with van der Waals surface area (Å²) in [5, 5.41) is 9.12. The summed E-state index contributed by atoms with van der Waals surface area (Å²) in [4.78, 5) is 23.5. The molecule has 0 amide bonds. The van der Waals surface area contributed by atoms with Gasteiger partial charge in [0.2, 0.25) is 0 Å². The zero-order valence-electron chi connectivity index (χ0n) is 16.1. The van der Waals surface area contributed by atoms with Gasteiger partial charge in [0, 0.05) is 11.3 Å². The number of hydrogen-bond donors (Lipinski definition) is 0. The van der Waals surface area contributed by atoms with Gasteiger partial charge in [-0.1, -0.05) is 60.3 Å². The molecule has 150 valence electrons. The number of nitrogens with zero attached hydrogens (tertiary/aromatic N) is 3. The number of ether oxygens (including phenoxy) is 2. The second-order valence-corrected chi connectivity index (χ2v) is 7.27. The third-order valence-electron chi connectivity index (χ3n) is 3.72. The highest BCUT2D eigenvalue weighted by Gasteiger charge is 2.18. The normalized spacial score (nSPS) is 10.7. The Labute approximate surface area is 173 Å². The summed E-state index contributed by atoms with van der Waals surface area (Å²) in [6, 6.07) is 19.4. The summed E-state index contributed by atoms with van der Waals surface area (Å²) >= 11 is 1.19. The molecule has 0 unspecified atom stereocenters. The first-order chi connectivity index (χ1) is 14.0. The van der Waals surface area contributed by atoms with E-state index in [2.05, 4.69) is 10.2 Å². The van der Waals surface area contributed by atoms with Gasteiger partial charge in [-0.15, -0.1) is 10.2 Å². The minimum atomic E-state index is -0.572. The van der Waals surface area contributed by atoms with Crippen molar-refractivity contribution in [1.82, 2.24) is 14.8 Å². The number of aromatic nitrogens is 3. The molecule has 0 aliphatic carbocycles. The Bertz CT molecular complexity index is 959. The summed E-state index contributed by atoms with van der Waals surface area (Å²) in [5.74, 6) is -0.431. The number of benzene rings is 2. The average molecular weight is 411 g/mol. The van der Waals surface area contributed by atoms with E-state index in [9.17, 15) is 9.59 Å². The predicted molar refractivity (Wildman–Crippen MR) is 110 cm³/mol. The predicted octanol–water partition coefficient (Wildman–Crippen LogP) is 3.52. The number of esters is 2. The van der Waals surface area contributed by atoms with Crippen molar-refractivity contribution < 1.29 is 19.1 Å². The van der Waals surface area contributed by atoms with Gasteiger partial charge in [0.05, 0.1) is 11.9 Å². The van der Waals surface area contributed by atoms with Crippen LogP contribution < -0.4 is 0 Å². The first-order valence-electron chi connectivity index (χ1n) is 9.08. The zero-order chi connectivity index (χ0) is 20.6. The standard InChI is InChI=1S/C21H21N3O4S/c1-15(2)28-18(25)13-27-19(26)14-29-21-23-22-20(16-9-5-3-6-10-16)24(21)17-11-7-4-8-12-17/h3-12,15H,13-14H2,1-2H3. The summed E-state index contributed by atoms with van der Waals surface area (Å²) in [5.41, 5.74) is 1.79. The second kappa shape index (κ2) is 9.88. The molecule has 3 aromatic rings. The van der Waals surface area contributed by atoms with Gasteiger partial charge in [0.1, 0.15) is 0 Å². The van der Waals surface area contributed by atoms with Gasteiger partial charge in [0.25, 0.3) is 0 Å². The lowest BCUT2D eigenvalue weighted by Gasteiger charge is -2.10. The van der Waals surface area contributed by atoms with Gasteiger partial charge in [0.15, 0.2) is 17.6 Å². The number of thioether (sulfide) groups is 1. The Morgan fingerprint density at radius 3 is 2.28 bits per heavy atom. The lowest BCUT2D eigenvalue weighted by Crippen LogP contribution is -2.20. The van der Waals surface area contributed by atoms with E-state index in [1.807, 2.05) is 65.2 Å². The molecule has 29 heavy (non-hydrogen) atoms. The van der Waals surface area contributed by atoms with Crippen LogP contribution in [0.25, 0.3) is 17.1 Å². The monoisotopic (exact) mass is 411 g/mol. The molecule has 0 saturated carbocycles. The van der Waals surface area contributed by atoms with Crippen LogP contribution >= 0.6 is 11.8 Å². The highest BCUT2D eigenvalue weighted by molar-refractivity contribution is 7.99. The summed E-state index contributed by atoms with van der Waals surface area (Å²) < 4.78 is 11.8. The van der Waals surface area contributed by atoms with Crippen molar-refractivity contribution in [3.05, 3.63) is 60.7 Å². The smallest absolute Gasteiger partial charge is 0.344 e. The van der Waals surface area contributed by atoms with Crippen molar-refractivity contribution in [2.75, 3.05) is 12.4 Å². The average Bonchev–Trinajstić information content (AvgIpc) is 3.15. The molecule has 3 rings (SSSR count). The second-order valence-electron chi connectivity index (χ2n) is 6.33. The Kier molecular flexibility index (Phi) is 7.02. The Hall–Kier alpha value is -3.13. The van der Waals surface area contributed by atoms with Crippen molar-refractivity contribution in [2.24, 2.45) is 0 Å². The number of carbonyl (C=O) groups excluding carboxylic acids is 2. The molecule has 0 aliphatic rings. The van der Waals surface area contributed by atoms with Crippen molar-refractivity contribution >= 4 is 23.7 Å². The van der Waals surface area contributed by atoms with Crippen molar-refractivity contribution in [3.63, 3.8) is 0 Å². The maximum absolute atomic E-state index is 12.0. The molecule has 0 radical (unpaired) electrons. The SMILES string of the molecule is CC(C)OC(=O)COC(=O)CSc1nnc(-c2ccccc2)n1-c1ccccc1. The van der Waals surface area contributed by atoms with Crippen molar-refractivity contribution in [3.8, 4) is 17.1 Å². The molecule has 0 saturated heterocycles. The molecule has 0 spiro atoms. The van der Waals surface area contributed by atoms with Crippen LogP contribution in [-0.4, -0.2) is 45.2 Å². The third-order valence-corrected chi connectivity index (χ3v) is 4.62. The number of para-hydroxylation sites is 1. The topological polar surface area (TPSA) is 83.3 Å². The van der Waals surface area contributed by atoms with E-state index in [0.717, 1.165) is 11.3 Å². The Morgan fingerprint density at radius 1 is 0.966 bits per heavy atom. The molecule has 0 fully saturated rings. The first kappa shape index (κ1) is 20.6. The van der Waals surface area contributed by atoms with Crippen LogP contribution in [0.1, 0.15) is 13.8 Å². The van der Waals surface area contributed by atoms with Crippen LogP contribution in [0.4, 0.5) is 0 Å². The van der Waals surface area contributed by atoms with E-state index in [0.29, 0.717) is 11.0 Å². The number of carbonyl (C=O) groups is 2. The van der Waals surface area contributed by atoms with E-state index < -0.39 is 18.5 Å². The molecule has 0 bridgehead atoms. The van der Waals surface area contributed by atoms with E-state index in [4.69, 9.17) is 9.47 Å². The summed E-state index contributed by atoms with van der Waals surface area (Å²) in [6.07, 6.45) is -0.253. The van der Waals surface area contributed by atoms with Crippen LogP contribution in [0.2, 0.25) is 0 Å². The molecule has 8 heteroatoms. The molecule has 0 atom stereocenters.